The second-order valence-electron chi connectivity index (χ2n) is 6.66. The van der Waals surface area contributed by atoms with Crippen molar-refractivity contribution in [1.82, 2.24) is 9.88 Å². The van der Waals surface area contributed by atoms with E-state index in [4.69, 9.17) is 0 Å². The molecule has 2 aromatic carbocycles. The number of thiazole rings is 1. The Labute approximate surface area is 162 Å². The maximum atomic E-state index is 13.4. The van der Waals surface area contributed by atoms with Crippen LogP contribution in [0.5, 0.6) is 0 Å². The van der Waals surface area contributed by atoms with Gasteiger partial charge in [-0.2, -0.15) is 0 Å². The van der Waals surface area contributed by atoms with Crippen molar-refractivity contribution < 1.29 is 14.7 Å². The molecule has 140 valence electrons. The van der Waals surface area contributed by atoms with Crippen molar-refractivity contribution in [2.45, 2.75) is 25.7 Å². The molecular formula is C21H22N2O3S. The summed E-state index contributed by atoms with van der Waals surface area (Å²) in [5.41, 5.74) is 0.886. The average Bonchev–Trinajstić information content (AvgIpc) is 3.08. The number of hydrogen-bond donors (Lipinski definition) is 1. The largest absolute Gasteiger partial charge is 0.480 e. The van der Waals surface area contributed by atoms with Gasteiger partial charge < -0.3 is 10.0 Å². The third-order valence-corrected chi connectivity index (χ3v) is 5.76. The maximum absolute atomic E-state index is 13.4. The summed E-state index contributed by atoms with van der Waals surface area (Å²) < 4.78 is 1.08. The zero-order valence-corrected chi connectivity index (χ0v) is 16.2. The van der Waals surface area contributed by atoms with Crippen LogP contribution in [-0.2, 0) is 21.4 Å². The zero-order chi connectivity index (χ0) is 19.4. The number of aliphatic carboxylic acids is 1. The van der Waals surface area contributed by atoms with Gasteiger partial charge in [-0.3, -0.25) is 9.59 Å². The van der Waals surface area contributed by atoms with Gasteiger partial charge in [-0.25, -0.2) is 4.98 Å². The minimum Gasteiger partial charge on any atom is -0.480 e. The lowest BCUT2D eigenvalue weighted by Gasteiger charge is -2.33. The van der Waals surface area contributed by atoms with E-state index in [-0.39, 0.29) is 12.5 Å². The van der Waals surface area contributed by atoms with Crippen LogP contribution >= 0.6 is 11.3 Å². The number of carboxylic acid groups (broad SMARTS) is 1. The predicted octanol–water partition coefficient (Wildman–Crippen LogP) is 3.73. The van der Waals surface area contributed by atoms with Crippen molar-refractivity contribution in [1.29, 1.82) is 0 Å². The highest BCUT2D eigenvalue weighted by Crippen LogP contribution is 2.33. The van der Waals surface area contributed by atoms with Crippen LogP contribution in [0.3, 0.4) is 0 Å². The van der Waals surface area contributed by atoms with Gasteiger partial charge in [0.15, 0.2) is 0 Å². The lowest BCUT2D eigenvalue weighted by atomic mass is 9.78. The van der Waals surface area contributed by atoms with Gasteiger partial charge in [0, 0.05) is 13.0 Å². The van der Waals surface area contributed by atoms with Crippen LogP contribution in [0.1, 0.15) is 24.4 Å². The second kappa shape index (κ2) is 7.88. The molecule has 1 atom stereocenters. The Kier molecular flexibility index (Phi) is 5.56. The highest BCUT2D eigenvalue weighted by atomic mass is 32.1. The highest BCUT2D eigenvalue weighted by Gasteiger charge is 2.39. The van der Waals surface area contributed by atoms with E-state index in [0.717, 1.165) is 20.8 Å². The van der Waals surface area contributed by atoms with Crippen LogP contribution in [0.25, 0.3) is 10.2 Å². The number of likely N-dealkylation sites (N-methyl/N-ethyl adjacent to an activating group) is 1. The summed E-state index contributed by atoms with van der Waals surface area (Å²) in [6, 6.07) is 17.4. The minimum absolute atomic E-state index is 0.196. The number of carbonyl (C=O) groups excluding carboxylic acids is 1. The first-order chi connectivity index (χ1) is 12.9. The van der Waals surface area contributed by atoms with Gasteiger partial charge in [-0.05, 0) is 31.5 Å². The topological polar surface area (TPSA) is 70.5 Å². The minimum atomic E-state index is -1.01. The molecule has 6 heteroatoms. The van der Waals surface area contributed by atoms with E-state index in [1.54, 1.807) is 18.3 Å². The molecule has 0 bridgehead atoms. The summed E-state index contributed by atoms with van der Waals surface area (Å²) in [7, 11) is 0. The number of fused-ring (bicyclic) bond motifs is 1. The number of nitrogens with zero attached hydrogens (tertiary/aromatic N) is 2. The third kappa shape index (κ3) is 4.01. The van der Waals surface area contributed by atoms with Crippen molar-refractivity contribution in [3.63, 3.8) is 0 Å². The Balaban J connectivity index is 2.02. The molecule has 0 aliphatic heterocycles. The average molecular weight is 382 g/mol. The van der Waals surface area contributed by atoms with Gasteiger partial charge in [-0.15, -0.1) is 11.3 Å². The second-order valence-corrected chi connectivity index (χ2v) is 7.78. The van der Waals surface area contributed by atoms with Crippen molar-refractivity contribution in [2.75, 3.05) is 13.1 Å². The molecule has 1 unspecified atom stereocenters. The molecule has 0 aliphatic carbocycles. The molecule has 3 rings (SSSR count). The molecular weight excluding hydrogens is 360 g/mol. The van der Waals surface area contributed by atoms with Crippen molar-refractivity contribution >= 4 is 33.4 Å². The van der Waals surface area contributed by atoms with Gasteiger partial charge in [-0.1, -0.05) is 42.5 Å². The standard InChI is InChI=1S/C21H22N2O3S/c1-3-23(14-19(24)25)20(26)21(2,15-9-5-4-6-10-15)13-18-22-16-11-7-8-12-17(16)27-18/h4-12H,3,13-14H2,1-2H3,(H,24,25). The van der Waals surface area contributed by atoms with Gasteiger partial charge in [0.2, 0.25) is 5.91 Å². The number of carboxylic acids is 1. The molecule has 1 amide bonds. The SMILES string of the molecule is CCN(CC(=O)O)C(=O)C(C)(Cc1nc2ccccc2s1)c1ccccc1. The summed E-state index contributed by atoms with van der Waals surface area (Å²) >= 11 is 1.57. The molecule has 0 fully saturated rings. The monoisotopic (exact) mass is 382 g/mol. The van der Waals surface area contributed by atoms with Gasteiger partial charge in [0.05, 0.1) is 20.6 Å². The number of aromatic nitrogens is 1. The maximum Gasteiger partial charge on any atom is 0.323 e. The molecule has 1 N–H and O–H groups in total. The Morgan fingerprint density at radius 2 is 1.78 bits per heavy atom. The normalized spacial score (nSPS) is 13.3. The number of carbonyl (C=O) groups is 2. The van der Waals surface area contributed by atoms with E-state index in [9.17, 15) is 14.7 Å². The van der Waals surface area contributed by atoms with Gasteiger partial charge >= 0.3 is 5.97 Å². The first-order valence-corrected chi connectivity index (χ1v) is 9.67. The summed E-state index contributed by atoms with van der Waals surface area (Å²) in [5.74, 6) is -1.21. The smallest absolute Gasteiger partial charge is 0.323 e. The number of rotatable bonds is 7. The van der Waals surface area contributed by atoms with E-state index in [2.05, 4.69) is 4.98 Å². The Morgan fingerprint density at radius 1 is 1.11 bits per heavy atom. The van der Waals surface area contributed by atoms with Crippen molar-refractivity contribution in [3.05, 3.63) is 65.2 Å². The van der Waals surface area contributed by atoms with Crippen LogP contribution in [0.4, 0.5) is 0 Å². The molecule has 0 saturated heterocycles. The van der Waals surface area contributed by atoms with Crippen LogP contribution in [-0.4, -0.2) is 40.0 Å². The molecule has 0 spiro atoms. The zero-order valence-electron chi connectivity index (χ0n) is 15.4. The number of amides is 1. The molecule has 1 heterocycles. The summed E-state index contributed by atoms with van der Waals surface area (Å²) in [5, 5.41) is 10.0. The first kappa shape index (κ1) is 19.0. The number of para-hydroxylation sites is 1. The van der Waals surface area contributed by atoms with E-state index < -0.39 is 11.4 Å². The number of benzene rings is 2. The molecule has 3 aromatic rings. The van der Waals surface area contributed by atoms with Gasteiger partial charge in [0.25, 0.3) is 0 Å². The van der Waals surface area contributed by atoms with E-state index in [0.29, 0.717) is 13.0 Å². The molecule has 1 aromatic heterocycles. The van der Waals surface area contributed by atoms with Gasteiger partial charge in [0.1, 0.15) is 6.54 Å². The molecule has 5 nitrogen and oxygen atoms in total. The third-order valence-electron chi connectivity index (χ3n) is 4.72. The van der Waals surface area contributed by atoms with Crippen molar-refractivity contribution in [3.8, 4) is 0 Å². The quantitative estimate of drug-likeness (QED) is 0.676. The Bertz CT molecular complexity index is 921. The summed E-state index contributed by atoms with van der Waals surface area (Å²) in [4.78, 5) is 30.7. The molecule has 0 saturated carbocycles. The van der Waals surface area contributed by atoms with Crippen molar-refractivity contribution in [2.24, 2.45) is 0 Å². The van der Waals surface area contributed by atoms with Crippen LogP contribution in [0.15, 0.2) is 54.6 Å². The fourth-order valence-corrected chi connectivity index (χ4v) is 4.37. The van der Waals surface area contributed by atoms with Crippen LogP contribution in [0.2, 0.25) is 0 Å². The fraction of sp³-hybridized carbons (Fsp3) is 0.286. The van der Waals surface area contributed by atoms with Crippen LogP contribution < -0.4 is 0 Å². The Morgan fingerprint density at radius 3 is 2.41 bits per heavy atom. The lowest BCUT2D eigenvalue weighted by molar-refractivity contribution is -0.146. The number of hydrogen-bond acceptors (Lipinski definition) is 4. The van der Waals surface area contributed by atoms with Crippen LogP contribution in [0, 0.1) is 0 Å². The highest BCUT2D eigenvalue weighted by molar-refractivity contribution is 7.18. The van der Waals surface area contributed by atoms with E-state index in [1.807, 2.05) is 61.5 Å². The summed E-state index contributed by atoms with van der Waals surface area (Å²) in [6.07, 6.45) is 0.422. The predicted molar refractivity (Wildman–Crippen MR) is 107 cm³/mol. The summed E-state index contributed by atoms with van der Waals surface area (Å²) in [6.45, 7) is 3.70. The molecule has 0 radical (unpaired) electrons. The first-order valence-electron chi connectivity index (χ1n) is 8.85. The van der Waals surface area contributed by atoms with E-state index >= 15 is 0 Å². The Hall–Kier alpha value is -2.73. The molecule has 27 heavy (non-hydrogen) atoms. The fourth-order valence-electron chi connectivity index (χ4n) is 3.24. The van der Waals surface area contributed by atoms with E-state index in [1.165, 1.54) is 4.90 Å². The lowest BCUT2D eigenvalue weighted by Crippen LogP contribution is -2.48. The molecule has 0 aliphatic rings.